The first-order valence-electron chi connectivity index (χ1n) is 56.5. The standard InChI is InChI=1S/C126H186O7/c1-8-15-22-29-35-41-47-53-59-66-87-128-121-100-117-111-84-76-103-73-72-102-75-83-110-113(93-102)105(96-106-81-82-109(99-116(106)110)127-86-65-28-21-14-7)78-74-104-77-85-112-115(95-104)108(80-79-107(114(111)94-103)97-119(117)123(130-89-68-61-55-49-43-37-31-24-17-10-3)125(121)132-91-70-63-57-51-45-39-33-26-19-12-5)98-120-118(112)101-122(129-88-67-60-54-48-42-36-30-23-16-9-2)126(133-92-71-64-58-52-46-40-34-27-20-13-6)124(120)131-90-69-62-56-50-44-38-32-25-18-11-4/h72-85,93-101H,8-71,86-92H2,1-7H3. The molecule has 0 radical (unpaired) electrons. The van der Waals surface area contributed by atoms with Gasteiger partial charge in [-0.15, -0.1) is 0 Å². The predicted molar refractivity (Wildman–Crippen MR) is 584 cm³/mol. The number of fused-ring (bicyclic) bond motifs is 9. The van der Waals surface area contributed by atoms with Gasteiger partial charge in [0, 0.05) is 10.8 Å². The number of benzene rings is 9. The molecule has 0 saturated carbocycles. The van der Waals surface area contributed by atoms with Gasteiger partial charge in [0.1, 0.15) is 5.75 Å². The van der Waals surface area contributed by atoms with Crippen molar-refractivity contribution in [1.29, 1.82) is 0 Å². The number of unbranched alkanes of at least 4 members (excludes halogenated alkanes) is 57. The minimum atomic E-state index is 0.606. The van der Waals surface area contributed by atoms with Crippen LogP contribution >= 0.6 is 0 Å². The molecule has 0 amide bonds. The normalized spacial score (nSPS) is 11.8. The van der Waals surface area contributed by atoms with Gasteiger partial charge in [-0.2, -0.15) is 0 Å². The van der Waals surface area contributed by atoms with E-state index in [1.54, 1.807) is 0 Å². The lowest BCUT2D eigenvalue weighted by molar-refractivity contribution is 0.236. The van der Waals surface area contributed by atoms with E-state index in [1.807, 2.05) is 0 Å². The molecule has 0 N–H and O–H groups in total. The van der Waals surface area contributed by atoms with Gasteiger partial charge in [-0.25, -0.2) is 0 Å². The van der Waals surface area contributed by atoms with Crippen LogP contribution in [0.1, 0.15) is 459 Å². The van der Waals surface area contributed by atoms with E-state index in [0.29, 0.717) is 39.6 Å². The van der Waals surface area contributed by atoms with E-state index in [4.69, 9.17) is 33.2 Å². The zero-order valence-corrected chi connectivity index (χ0v) is 85.8. The third-order valence-electron chi connectivity index (χ3n) is 28.5. The van der Waals surface area contributed by atoms with E-state index in [0.717, 1.165) is 190 Å². The number of hydrogen-bond acceptors (Lipinski definition) is 7. The zero-order chi connectivity index (χ0) is 92.9. The molecule has 0 fully saturated rings. The van der Waals surface area contributed by atoms with Crippen LogP contribution in [0.2, 0.25) is 0 Å². The smallest absolute Gasteiger partial charge is 0.204 e. The molecule has 732 valence electrons. The quantitative estimate of drug-likeness (QED) is 0.0278. The highest BCUT2D eigenvalue weighted by atomic mass is 16.5. The lowest BCUT2D eigenvalue weighted by Gasteiger charge is -2.21. The van der Waals surface area contributed by atoms with Crippen molar-refractivity contribution in [2.45, 2.75) is 459 Å². The van der Waals surface area contributed by atoms with Gasteiger partial charge in [-0.3, -0.25) is 0 Å². The molecule has 6 bridgehead atoms. The van der Waals surface area contributed by atoms with Gasteiger partial charge in [-0.05, 0) is 192 Å². The van der Waals surface area contributed by atoms with Gasteiger partial charge >= 0.3 is 0 Å². The Morgan fingerprint density at radius 2 is 0.338 bits per heavy atom. The molecule has 0 unspecified atom stereocenters. The van der Waals surface area contributed by atoms with Gasteiger partial charge in [0.2, 0.25) is 11.5 Å². The molecule has 10 aromatic carbocycles. The second kappa shape index (κ2) is 66.8. The average molecular weight is 1810 g/mol. The van der Waals surface area contributed by atoms with Crippen LogP contribution in [0.3, 0.4) is 0 Å². The summed E-state index contributed by atoms with van der Waals surface area (Å²) in [5.74, 6) is 5.69. The Hall–Kier alpha value is -7.64. The van der Waals surface area contributed by atoms with Crippen LogP contribution in [0.15, 0.2) is 140 Å². The Morgan fingerprint density at radius 1 is 0.135 bits per heavy atom. The summed E-state index contributed by atoms with van der Waals surface area (Å²) in [7, 11) is 0. The van der Waals surface area contributed by atoms with E-state index >= 15 is 0 Å². The average Bonchev–Trinajstić information content (AvgIpc) is 0.759. The van der Waals surface area contributed by atoms with Crippen LogP contribution in [0.25, 0.3) is 97.0 Å². The Labute approximate surface area is 810 Å². The van der Waals surface area contributed by atoms with Crippen LogP contribution in [0.5, 0.6) is 40.2 Å². The first kappa shape index (κ1) is 107. The molecule has 0 atom stereocenters. The van der Waals surface area contributed by atoms with Crippen molar-refractivity contribution in [2.75, 3.05) is 46.2 Å². The third kappa shape index (κ3) is 38.3. The molecule has 0 heterocycles. The minimum absolute atomic E-state index is 0.606. The molecule has 0 saturated heterocycles. The second-order valence-electron chi connectivity index (χ2n) is 40.0. The first-order valence-corrected chi connectivity index (χ1v) is 56.5. The molecule has 0 aliphatic heterocycles. The summed E-state index contributed by atoms with van der Waals surface area (Å²) < 4.78 is 50.6. The number of ether oxygens (including phenoxy) is 7. The molecule has 0 aromatic heterocycles. The fourth-order valence-electron chi connectivity index (χ4n) is 20.2. The first-order chi connectivity index (χ1) is 65.9. The molecule has 7 heteroatoms. The van der Waals surface area contributed by atoms with Crippen LogP contribution in [-0.4, -0.2) is 46.2 Å². The highest BCUT2D eigenvalue weighted by molar-refractivity contribution is 6.21. The highest BCUT2D eigenvalue weighted by Crippen LogP contribution is 2.50. The largest absolute Gasteiger partial charge is 0.494 e. The SMILES string of the molecule is CCCCCCCCCCCCOc1cc2c(cc3ccc4cc5c(OCCCCCCCCCCCC)c(OCCCCCCCCCCCC)c(OCCCCCCCCCCCC)cc5c5ccc(ccc6cc7ccc(OCCCCCC)cc7c7ccc(ccc8ccc2c3c8)cc67)cc45)c(OCCCCCCCCCCCC)c1OCCCCCCCCCCCC. The van der Waals surface area contributed by atoms with Crippen molar-refractivity contribution in [3.05, 3.63) is 140 Å². The van der Waals surface area contributed by atoms with Gasteiger partial charge in [0.15, 0.2) is 23.0 Å². The van der Waals surface area contributed by atoms with Crippen molar-refractivity contribution in [1.82, 2.24) is 0 Å². The molecule has 10 aromatic rings. The lowest BCUT2D eigenvalue weighted by Crippen LogP contribution is -2.07. The molecule has 133 heavy (non-hydrogen) atoms. The lowest BCUT2D eigenvalue weighted by atomic mass is 9.95. The Morgan fingerprint density at radius 3 is 0.632 bits per heavy atom. The summed E-state index contributed by atoms with van der Waals surface area (Å²) in [5, 5.41) is 20.7. The Bertz CT molecular complexity index is 4960. The summed E-state index contributed by atoms with van der Waals surface area (Å²) in [6, 6.07) is 54.3. The predicted octanol–water partition coefficient (Wildman–Crippen LogP) is 41.5. The second-order valence-corrected chi connectivity index (χ2v) is 40.0. The number of rotatable bonds is 78. The molecular weight excluding hydrogens is 1630 g/mol. The van der Waals surface area contributed by atoms with Crippen molar-refractivity contribution in [3.8, 4) is 40.2 Å². The summed E-state index contributed by atoms with van der Waals surface area (Å²) >= 11 is 0. The van der Waals surface area contributed by atoms with Gasteiger partial charge < -0.3 is 33.2 Å². The molecular formula is C126H186O7. The van der Waals surface area contributed by atoms with Crippen LogP contribution in [-0.2, 0) is 0 Å². The summed E-state index contributed by atoms with van der Waals surface area (Å²) in [6.45, 7) is 20.6. The molecule has 10 rings (SSSR count). The zero-order valence-electron chi connectivity index (χ0n) is 85.8. The minimum Gasteiger partial charge on any atom is -0.494 e. The van der Waals surface area contributed by atoms with Crippen LogP contribution in [0, 0.1) is 0 Å². The third-order valence-corrected chi connectivity index (χ3v) is 28.5. The fraction of sp³-hybridized carbons (Fsp3) is 0.619. The molecule has 7 nitrogen and oxygen atoms in total. The topological polar surface area (TPSA) is 64.6 Å². The summed E-state index contributed by atoms with van der Waals surface area (Å²) in [5.41, 5.74) is 0. The van der Waals surface area contributed by atoms with Crippen molar-refractivity contribution in [3.63, 3.8) is 0 Å². The van der Waals surface area contributed by atoms with Gasteiger partial charge in [0.05, 0.1) is 46.2 Å². The Balaban J connectivity index is 1.17. The van der Waals surface area contributed by atoms with Gasteiger partial charge in [0.25, 0.3) is 0 Å². The van der Waals surface area contributed by atoms with E-state index in [9.17, 15) is 0 Å². The highest BCUT2D eigenvalue weighted by Gasteiger charge is 2.24. The maximum absolute atomic E-state index is 7.50. The summed E-state index contributed by atoms with van der Waals surface area (Å²) in [6.07, 6.45) is 80.8. The van der Waals surface area contributed by atoms with Crippen LogP contribution in [0.4, 0.5) is 0 Å². The van der Waals surface area contributed by atoms with E-state index in [2.05, 4.69) is 188 Å². The number of hydrogen-bond donors (Lipinski definition) is 0. The van der Waals surface area contributed by atoms with Crippen molar-refractivity contribution < 1.29 is 33.2 Å². The monoisotopic (exact) mass is 1810 g/mol. The van der Waals surface area contributed by atoms with Crippen molar-refractivity contribution >= 4 is 97.0 Å². The van der Waals surface area contributed by atoms with Crippen molar-refractivity contribution in [2.24, 2.45) is 0 Å². The summed E-state index contributed by atoms with van der Waals surface area (Å²) in [4.78, 5) is 0. The van der Waals surface area contributed by atoms with Gasteiger partial charge in [-0.1, -0.05) is 493 Å². The van der Waals surface area contributed by atoms with E-state index in [1.165, 1.54) is 365 Å². The maximum Gasteiger partial charge on any atom is 0.204 e. The molecule has 0 spiro atoms. The van der Waals surface area contributed by atoms with E-state index < -0.39 is 0 Å². The Kier molecular flexibility index (Phi) is 53.9. The van der Waals surface area contributed by atoms with Crippen LogP contribution < -0.4 is 33.2 Å². The molecule has 0 aliphatic carbocycles. The maximum atomic E-state index is 7.50. The van der Waals surface area contributed by atoms with E-state index in [-0.39, 0.29) is 0 Å². The fourth-order valence-corrected chi connectivity index (χ4v) is 20.2. The molecule has 0 aliphatic rings.